The van der Waals surface area contributed by atoms with Gasteiger partial charge in [-0.1, -0.05) is 84.4 Å². The predicted octanol–water partition coefficient (Wildman–Crippen LogP) is 6.28. The first-order valence-electron chi connectivity index (χ1n) is 28.5. The normalized spacial score (nSPS) is 27.0. The Kier molecular flexibility index (Phi) is 24.1. The first-order chi connectivity index (χ1) is 37.3. The van der Waals surface area contributed by atoms with Gasteiger partial charge in [0.15, 0.2) is 6.10 Å². The van der Waals surface area contributed by atoms with Crippen LogP contribution >= 0.6 is 0 Å². The lowest BCUT2D eigenvalue weighted by Gasteiger charge is -2.42. The van der Waals surface area contributed by atoms with E-state index in [1.165, 1.54) is 17.1 Å². The number of imide groups is 1. The molecule has 1 aromatic carbocycles. The molecule has 0 unspecified atom stereocenters. The number of amides is 6. The fourth-order valence-electron chi connectivity index (χ4n) is 10.4. The number of allylic oxidation sites excluding steroid dienone is 3. The third-order valence-electron chi connectivity index (χ3n) is 16.1. The molecule has 79 heavy (non-hydrogen) atoms. The van der Waals surface area contributed by atoms with E-state index >= 15 is 0 Å². The topological polar surface area (TPSA) is 243 Å². The van der Waals surface area contributed by atoms with Crippen LogP contribution in [-0.2, 0) is 54.3 Å². The van der Waals surface area contributed by atoms with Crippen molar-refractivity contribution in [2.45, 2.75) is 181 Å². The lowest BCUT2D eigenvalue weighted by atomic mass is 9.88. The summed E-state index contributed by atoms with van der Waals surface area (Å²) in [5, 5.41) is 29.6. The first-order valence-corrected chi connectivity index (χ1v) is 28.5. The van der Waals surface area contributed by atoms with Crippen LogP contribution in [0.25, 0.3) is 0 Å². The van der Waals surface area contributed by atoms with Crippen molar-refractivity contribution in [2.24, 2.45) is 23.7 Å². The molecule has 19 heteroatoms. The van der Waals surface area contributed by atoms with E-state index in [1.807, 2.05) is 97.0 Å². The number of unbranched alkanes of at least 4 members (excludes halogenated alkanes) is 2. The number of quaternary nitrogens is 1. The zero-order valence-corrected chi connectivity index (χ0v) is 48.6. The summed E-state index contributed by atoms with van der Waals surface area (Å²) < 4.78 is 24.9. The van der Waals surface area contributed by atoms with Crippen molar-refractivity contribution in [2.75, 3.05) is 52.2 Å². The summed E-state index contributed by atoms with van der Waals surface area (Å²) in [7, 11) is 3.69. The number of methoxy groups -OCH3 is 1. The van der Waals surface area contributed by atoms with Gasteiger partial charge in [0.25, 0.3) is 11.8 Å². The van der Waals surface area contributed by atoms with Crippen LogP contribution in [0.1, 0.15) is 126 Å². The highest BCUT2D eigenvalue weighted by Crippen LogP contribution is 2.37. The van der Waals surface area contributed by atoms with Gasteiger partial charge in [-0.3, -0.25) is 38.6 Å². The Morgan fingerprint density at radius 2 is 1.62 bits per heavy atom. The number of likely N-dealkylation sites (N-methyl/N-ethyl adjacent to an activating group) is 1. The standard InChI is InChI=1S/C60H90N6O13/c1-12-47(68)42(7)56-48(77-56)35-39(4)17-16-18-40(5)55-41(6)20-25-49(60(9,76-11)29-28-46(67)36-53(72)79-55)78-59(75)64-31-33-66(10,34-32-64)37-44-21-23-45(24-22-44)62-57(73)43(8)61-58(74)54(38(2)3)63-50(69)19-14-13-15-30-65-51(70)26-27-52(65)71/h16-18,20-27,38-39,41-43,46-49,54-56,67-68H,12-15,19,28-37H2,1-11H3,(H2-,61,62,63,69,73,74)/p+1/b17-16+,25-20+,40-18+/t39-,41+,42-,43+,46-,47+,48-,49+,54+,55-,56-,60-/m1/s1. The molecule has 438 valence electrons. The second-order valence-electron chi connectivity index (χ2n) is 23.2. The molecule has 4 heterocycles. The van der Waals surface area contributed by atoms with Crippen LogP contribution in [0.15, 0.2) is 72.4 Å². The number of nitrogens with one attached hydrogen (secondary N) is 3. The molecule has 12 atom stereocenters. The van der Waals surface area contributed by atoms with E-state index in [2.05, 4.69) is 36.0 Å². The number of aliphatic hydroxyl groups excluding tert-OH is 2. The molecule has 0 aliphatic carbocycles. The number of carbonyl (C=O) groups excluding carboxylic acids is 7. The molecular weight excluding hydrogens is 1010 g/mol. The fourth-order valence-corrected chi connectivity index (χ4v) is 10.4. The van der Waals surface area contributed by atoms with Gasteiger partial charge in [-0.2, -0.15) is 0 Å². The van der Waals surface area contributed by atoms with Crippen LogP contribution in [0, 0.1) is 23.7 Å². The van der Waals surface area contributed by atoms with Gasteiger partial charge in [0.1, 0.15) is 30.3 Å². The number of benzene rings is 1. The van der Waals surface area contributed by atoms with Crippen molar-refractivity contribution >= 4 is 47.3 Å². The molecule has 0 aromatic heterocycles. The second kappa shape index (κ2) is 29.6. The Balaban J connectivity index is 1.10. The van der Waals surface area contributed by atoms with Crippen LogP contribution in [0.2, 0.25) is 0 Å². The van der Waals surface area contributed by atoms with Gasteiger partial charge in [-0.25, -0.2) is 4.79 Å². The summed E-state index contributed by atoms with van der Waals surface area (Å²) in [6.07, 6.45) is 12.7. The van der Waals surface area contributed by atoms with Crippen molar-refractivity contribution in [1.29, 1.82) is 0 Å². The number of ether oxygens (including phenoxy) is 4. The van der Waals surface area contributed by atoms with Crippen LogP contribution in [-0.4, -0.2) is 167 Å². The molecule has 0 bridgehead atoms. The molecule has 4 aliphatic heterocycles. The average Bonchev–Trinajstić information content (AvgIpc) is 4.15. The Labute approximate surface area is 468 Å². The molecule has 2 fully saturated rings. The number of carbonyl (C=O) groups is 7. The fraction of sp³-hybridized carbons (Fsp3) is 0.650. The number of piperazine rings is 1. The van der Waals surface area contributed by atoms with Crippen molar-refractivity contribution < 1.29 is 67.2 Å². The number of rotatable bonds is 24. The van der Waals surface area contributed by atoms with E-state index in [0.717, 1.165) is 17.6 Å². The minimum atomic E-state index is -1.02. The molecule has 4 aliphatic rings. The lowest BCUT2D eigenvalue weighted by molar-refractivity contribution is -0.926. The summed E-state index contributed by atoms with van der Waals surface area (Å²) >= 11 is 0. The van der Waals surface area contributed by atoms with Crippen molar-refractivity contribution in [3.05, 3.63) is 77.9 Å². The maximum absolute atomic E-state index is 14.0. The maximum atomic E-state index is 14.0. The van der Waals surface area contributed by atoms with Gasteiger partial charge in [0, 0.05) is 55.3 Å². The van der Waals surface area contributed by atoms with E-state index in [4.69, 9.17) is 18.9 Å². The number of hydrogen-bond acceptors (Lipinski definition) is 13. The van der Waals surface area contributed by atoms with Crippen molar-refractivity contribution in [3.63, 3.8) is 0 Å². The molecule has 5 N–H and O–H groups in total. The van der Waals surface area contributed by atoms with E-state index in [-0.39, 0.29) is 85.5 Å². The van der Waals surface area contributed by atoms with Gasteiger partial charge in [0.2, 0.25) is 17.7 Å². The van der Waals surface area contributed by atoms with E-state index in [9.17, 15) is 43.8 Å². The second-order valence-corrected chi connectivity index (χ2v) is 23.2. The molecule has 6 amide bonds. The number of aliphatic hydroxyl groups is 2. The average molecular weight is 1100 g/mol. The SMILES string of the molecule is CC[C@H](O)[C@@H](C)[C@H]1O[C@@H]1C[C@H](C)/C=C/C=C(\C)[C@H]1OC(=O)C[C@H](O)CC[C@@](C)(OC)[C@@H](OC(=O)N2CC[N+](C)(Cc3ccc(NC(=O)[C@H](C)NC(=O)[C@@H](NC(=O)CCCCCN4C(=O)C=CC4=O)C(C)C)cc3)CC2)/C=C/[C@@H]1C. The first kappa shape index (κ1) is 64.1. The Morgan fingerprint density at radius 3 is 2.25 bits per heavy atom. The van der Waals surface area contributed by atoms with Crippen LogP contribution < -0.4 is 16.0 Å². The summed E-state index contributed by atoms with van der Waals surface area (Å²) in [4.78, 5) is 92.8. The van der Waals surface area contributed by atoms with Gasteiger partial charge >= 0.3 is 12.1 Å². The molecule has 0 spiro atoms. The van der Waals surface area contributed by atoms with Crippen LogP contribution in [0.5, 0.6) is 0 Å². The Bertz CT molecular complexity index is 2360. The number of cyclic esters (lactones) is 1. The summed E-state index contributed by atoms with van der Waals surface area (Å²) in [5.74, 6) is -2.67. The molecule has 1 aromatic rings. The van der Waals surface area contributed by atoms with Gasteiger partial charge < -0.3 is 49.6 Å². The summed E-state index contributed by atoms with van der Waals surface area (Å²) in [6.45, 7) is 20.1. The predicted molar refractivity (Wildman–Crippen MR) is 299 cm³/mol. The van der Waals surface area contributed by atoms with Crippen LogP contribution in [0.4, 0.5) is 10.5 Å². The quantitative estimate of drug-likeness (QED) is 0.0146. The number of epoxide rings is 1. The number of hydrogen-bond donors (Lipinski definition) is 5. The third kappa shape index (κ3) is 19.2. The third-order valence-corrected chi connectivity index (χ3v) is 16.1. The Hall–Kier alpha value is -5.73. The maximum Gasteiger partial charge on any atom is 0.410 e. The summed E-state index contributed by atoms with van der Waals surface area (Å²) in [6, 6.07) is 5.75. The zero-order valence-electron chi connectivity index (χ0n) is 48.6. The number of anilines is 1. The lowest BCUT2D eigenvalue weighted by Crippen LogP contribution is -2.58. The Morgan fingerprint density at radius 1 is 0.949 bits per heavy atom. The molecule has 5 rings (SSSR count). The molecule has 0 radical (unpaired) electrons. The molecule has 19 nitrogen and oxygen atoms in total. The van der Waals surface area contributed by atoms with E-state index in [1.54, 1.807) is 18.9 Å². The smallest absolute Gasteiger partial charge is 0.410 e. The van der Waals surface area contributed by atoms with E-state index in [0.29, 0.717) is 75.0 Å². The molecular formula is C60H91N6O13+. The highest BCUT2D eigenvalue weighted by molar-refractivity contribution is 6.12. The monoisotopic (exact) mass is 1100 g/mol. The van der Waals surface area contributed by atoms with Gasteiger partial charge in [-0.15, -0.1) is 0 Å². The van der Waals surface area contributed by atoms with E-state index < -0.39 is 59.9 Å². The van der Waals surface area contributed by atoms with Gasteiger partial charge in [0.05, 0.1) is 64.1 Å². The highest BCUT2D eigenvalue weighted by atomic mass is 16.6. The number of nitrogens with zero attached hydrogens (tertiary/aromatic N) is 3. The van der Waals surface area contributed by atoms with Crippen molar-refractivity contribution in [3.8, 4) is 0 Å². The minimum absolute atomic E-state index is 0.0654. The minimum Gasteiger partial charge on any atom is -0.457 e. The molecule has 0 saturated carbocycles. The largest absolute Gasteiger partial charge is 0.457 e. The highest BCUT2D eigenvalue weighted by Gasteiger charge is 2.45. The van der Waals surface area contributed by atoms with Crippen molar-refractivity contribution in [1.82, 2.24) is 20.4 Å². The van der Waals surface area contributed by atoms with Crippen LogP contribution in [0.3, 0.4) is 0 Å². The summed E-state index contributed by atoms with van der Waals surface area (Å²) in [5.41, 5.74) is 1.37. The molecule has 2 saturated heterocycles. The van der Waals surface area contributed by atoms with Gasteiger partial charge in [-0.05, 0) is 94.9 Å². The zero-order chi connectivity index (χ0) is 58.2. The number of esters is 1.